The summed E-state index contributed by atoms with van der Waals surface area (Å²) >= 11 is 2.80. The smallest absolute Gasteiger partial charge is 0.349 e. The number of aryl methyl sites for hydroxylation is 1. The van der Waals surface area contributed by atoms with Gasteiger partial charge in [-0.1, -0.05) is 42.5 Å². The summed E-state index contributed by atoms with van der Waals surface area (Å²) in [6, 6.07) is 18.6. The molecule has 186 valence electrons. The van der Waals surface area contributed by atoms with Crippen LogP contribution in [0.4, 0.5) is 0 Å². The van der Waals surface area contributed by atoms with Gasteiger partial charge in [-0.15, -0.1) is 22.7 Å². The van der Waals surface area contributed by atoms with E-state index in [-0.39, 0.29) is 6.10 Å². The van der Waals surface area contributed by atoms with E-state index in [4.69, 9.17) is 4.74 Å². The quantitative estimate of drug-likeness (QED) is 0.211. The number of ether oxygens (including phenoxy) is 1. The highest BCUT2D eigenvalue weighted by molar-refractivity contribution is 7.12. The number of aliphatic hydroxyl groups is 1. The molecule has 0 spiro atoms. The average molecular weight is 511 g/mol. The number of quaternary nitrogens is 1. The lowest BCUT2D eigenvalue weighted by atomic mass is 9.92. The Balaban J connectivity index is 1.24. The Kier molecular flexibility index (Phi) is 7.18. The van der Waals surface area contributed by atoms with E-state index in [1.807, 2.05) is 35.0 Å². The summed E-state index contributed by atoms with van der Waals surface area (Å²) < 4.78 is 7.21. The Morgan fingerprint density at radius 1 is 1.00 bits per heavy atom. The molecule has 2 aromatic heterocycles. The first-order chi connectivity index (χ1) is 16.9. The highest BCUT2D eigenvalue weighted by atomic mass is 32.1. The summed E-state index contributed by atoms with van der Waals surface area (Å²) in [5.74, 6) is 0.244. The van der Waals surface area contributed by atoms with Crippen molar-refractivity contribution in [2.45, 2.75) is 56.3 Å². The normalized spacial score (nSPS) is 24.1. The molecule has 4 atom stereocenters. The first-order valence-electron chi connectivity index (χ1n) is 12.8. The average Bonchev–Trinajstić information content (AvgIpc) is 3.68. The molecule has 35 heavy (non-hydrogen) atoms. The molecule has 6 heteroatoms. The summed E-state index contributed by atoms with van der Waals surface area (Å²) in [6.45, 7) is 1.13. The van der Waals surface area contributed by atoms with Crippen LogP contribution in [0.1, 0.15) is 47.4 Å². The fourth-order valence-electron chi connectivity index (χ4n) is 6.38. The lowest BCUT2D eigenvalue weighted by Gasteiger charge is -2.40. The summed E-state index contributed by atoms with van der Waals surface area (Å²) in [5.41, 5.74) is -0.310. The number of carbonyl (C=O) groups is 1. The van der Waals surface area contributed by atoms with Crippen molar-refractivity contribution in [1.82, 2.24) is 0 Å². The number of unbranched alkanes of at least 4 members (excludes halogenated alkanes) is 1. The van der Waals surface area contributed by atoms with Crippen LogP contribution >= 0.6 is 22.7 Å². The molecule has 0 aliphatic heterocycles. The number of carbonyl (C=O) groups excluding carboxylic acids is 1. The van der Waals surface area contributed by atoms with E-state index in [1.165, 1.54) is 41.1 Å². The second-order valence-electron chi connectivity index (χ2n) is 10.8. The van der Waals surface area contributed by atoms with Crippen LogP contribution in [0, 0.1) is 11.8 Å². The van der Waals surface area contributed by atoms with Gasteiger partial charge < -0.3 is 14.3 Å². The highest BCUT2D eigenvalue weighted by Gasteiger charge is 2.57. The molecule has 4 nitrogen and oxygen atoms in total. The summed E-state index contributed by atoms with van der Waals surface area (Å²) in [5, 5.41) is 15.5. The molecule has 2 saturated carbocycles. The minimum absolute atomic E-state index is 0.0966. The van der Waals surface area contributed by atoms with Gasteiger partial charge in [0, 0.05) is 18.3 Å². The molecular weight excluding hydrogens is 474 g/mol. The van der Waals surface area contributed by atoms with E-state index in [0.29, 0.717) is 27.6 Å². The molecule has 2 fully saturated rings. The van der Waals surface area contributed by atoms with Crippen molar-refractivity contribution < 1.29 is 19.1 Å². The minimum Gasteiger partial charge on any atom is -0.459 e. The van der Waals surface area contributed by atoms with Gasteiger partial charge >= 0.3 is 5.97 Å². The van der Waals surface area contributed by atoms with E-state index in [0.717, 1.165) is 36.7 Å². The number of nitrogens with zero attached hydrogens (tertiary/aromatic N) is 1. The molecular formula is C29H36NO3S2+. The van der Waals surface area contributed by atoms with Crippen molar-refractivity contribution in [1.29, 1.82) is 0 Å². The van der Waals surface area contributed by atoms with Crippen LogP contribution in [0.3, 0.4) is 0 Å². The summed E-state index contributed by atoms with van der Waals surface area (Å²) in [6.07, 6.45) is 6.74. The standard InChI is InChI=1S/C29H36NO3S2/c1-30(2,17-7-6-12-21-10-4-3-5-11-21)24-20-22-15-16-23(24)27(22)33-28(31)29(32,25-13-8-18-34-25)26-14-9-19-35-26/h3-5,8-11,13-14,18-19,22-24,27,32H,6-7,12,15-17,20H2,1-2H3/q+1/t22?,23-,24-,27?/m0/s1. The first-order valence-corrected chi connectivity index (χ1v) is 14.5. The fraction of sp³-hybridized carbons (Fsp3) is 0.483. The minimum atomic E-state index is -1.72. The van der Waals surface area contributed by atoms with Crippen molar-refractivity contribution in [2.75, 3.05) is 20.6 Å². The lowest BCUT2D eigenvalue weighted by Crippen LogP contribution is -2.52. The van der Waals surface area contributed by atoms with Gasteiger partial charge in [-0.2, -0.15) is 0 Å². The van der Waals surface area contributed by atoms with Crippen molar-refractivity contribution in [2.24, 2.45) is 11.8 Å². The molecule has 0 saturated heterocycles. The zero-order chi connectivity index (χ0) is 24.5. The number of rotatable bonds is 10. The van der Waals surface area contributed by atoms with Crippen LogP contribution in [-0.2, 0) is 21.6 Å². The number of hydrogen-bond donors (Lipinski definition) is 1. The van der Waals surface area contributed by atoms with Gasteiger partial charge in [-0.05, 0) is 60.6 Å². The van der Waals surface area contributed by atoms with E-state index in [9.17, 15) is 9.90 Å². The van der Waals surface area contributed by atoms with Gasteiger partial charge in [0.15, 0.2) is 0 Å². The predicted octanol–water partition coefficient (Wildman–Crippen LogP) is 5.86. The highest BCUT2D eigenvalue weighted by Crippen LogP contribution is 2.50. The Hall–Kier alpha value is -1.99. The maximum Gasteiger partial charge on any atom is 0.349 e. The first kappa shape index (κ1) is 24.7. The van der Waals surface area contributed by atoms with Crippen molar-refractivity contribution >= 4 is 28.6 Å². The van der Waals surface area contributed by atoms with Crippen molar-refractivity contribution in [3.63, 3.8) is 0 Å². The third-order valence-electron chi connectivity index (χ3n) is 8.28. The van der Waals surface area contributed by atoms with E-state index < -0.39 is 11.6 Å². The molecule has 0 amide bonds. The third-order valence-corrected chi connectivity index (χ3v) is 10.2. The monoisotopic (exact) mass is 510 g/mol. The topological polar surface area (TPSA) is 46.5 Å². The van der Waals surface area contributed by atoms with E-state index in [2.05, 4.69) is 44.4 Å². The molecule has 1 N–H and O–H groups in total. The van der Waals surface area contributed by atoms with E-state index in [1.54, 1.807) is 0 Å². The van der Waals surface area contributed by atoms with Crippen LogP contribution in [0.25, 0.3) is 0 Å². The molecule has 2 aliphatic rings. The van der Waals surface area contributed by atoms with Gasteiger partial charge in [0.2, 0.25) is 5.60 Å². The van der Waals surface area contributed by atoms with Gasteiger partial charge in [0.1, 0.15) is 6.10 Å². The van der Waals surface area contributed by atoms with Gasteiger partial charge in [0.25, 0.3) is 0 Å². The lowest BCUT2D eigenvalue weighted by molar-refractivity contribution is -0.918. The maximum absolute atomic E-state index is 13.6. The predicted molar refractivity (Wildman–Crippen MR) is 142 cm³/mol. The molecule has 2 unspecified atom stereocenters. The number of benzene rings is 1. The van der Waals surface area contributed by atoms with Crippen LogP contribution in [0.5, 0.6) is 0 Å². The maximum atomic E-state index is 13.6. The Labute approximate surface area is 216 Å². The zero-order valence-electron chi connectivity index (χ0n) is 20.6. The fourth-order valence-corrected chi connectivity index (χ4v) is 8.09. The summed E-state index contributed by atoms with van der Waals surface area (Å²) in [4.78, 5) is 14.8. The number of thiophene rings is 2. The molecule has 1 aromatic carbocycles. The van der Waals surface area contributed by atoms with Crippen LogP contribution in [0.2, 0.25) is 0 Å². The molecule has 2 aliphatic carbocycles. The van der Waals surface area contributed by atoms with Crippen LogP contribution < -0.4 is 0 Å². The SMILES string of the molecule is C[N+](C)(CCCCc1ccccc1)[C@H]1CC2CC[C@@H]1C2OC(=O)C(O)(c1cccs1)c1cccs1. The van der Waals surface area contributed by atoms with Crippen molar-refractivity contribution in [3.8, 4) is 0 Å². The second-order valence-corrected chi connectivity index (χ2v) is 12.7. The molecule has 3 aromatic rings. The number of hydrogen-bond acceptors (Lipinski definition) is 5. The Bertz CT molecular complexity index is 1060. The molecule has 5 rings (SSSR count). The molecule has 2 bridgehead atoms. The van der Waals surface area contributed by atoms with Crippen molar-refractivity contribution in [3.05, 3.63) is 80.7 Å². The zero-order valence-corrected chi connectivity index (χ0v) is 22.3. The van der Waals surface area contributed by atoms with Crippen LogP contribution in [0.15, 0.2) is 65.4 Å². The Morgan fingerprint density at radius 3 is 2.31 bits per heavy atom. The van der Waals surface area contributed by atoms with Gasteiger partial charge in [-0.25, -0.2) is 4.79 Å². The number of fused-ring (bicyclic) bond motifs is 2. The van der Waals surface area contributed by atoms with Gasteiger partial charge in [-0.3, -0.25) is 0 Å². The molecule has 0 radical (unpaired) electrons. The second kappa shape index (κ2) is 10.2. The molecule has 2 heterocycles. The largest absolute Gasteiger partial charge is 0.459 e. The number of esters is 1. The Morgan fingerprint density at radius 2 is 1.69 bits per heavy atom. The van der Waals surface area contributed by atoms with E-state index >= 15 is 0 Å². The third kappa shape index (κ3) is 4.86. The van der Waals surface area contributed by atoms with Crippen LogP contribution in [-0.4, -0.2) is 48.3 Å². The summed E-state index contributed by atoms with van der Waals surface area (Å²) in [7, 11) is 4.70. The van der Waals surface area contributed by atoms with Gasteiger partial charge in [0.05, 0.1) is 36.4 Å².